The molecule has 0 saturated heterocycles. The van der Waals surface area contributed by atoms with Crippen LogP contribution in [-0.4, -0.2) is 10.2 Å². The highest BCUT2D eigenvalue weighted by Crippen LogP contribution is 1.98. The molecule has 0 bridgehead atoms. The number of hydrogen-bond donors (Lipinski definition) is 3. The van der Waals surface area contributed by atoms with Gasteiger partial charge in [0.15, 0.2) is 5.76 Å². The van der Waals surface area contributed by atoms with E-state index in [0.717, 1.165) is 0 Å². The van der Waals surface area contributed by atoms with Crippen LogP contribution in [0.3, 0.4) is 0 Å². The molecule has 1 aliphatic rings. The van der Waals surface area contributed by atoms with Gasteiger partial charge >= 0.3 is 0 Å². The maximum atomic E-state index is 8.80. The van der Waals surface area contributed by atoms with Gasteiger partial charge in [0.05, 0.1) is 0 Å². The van der Waals surface area contributed by atoms with Crippen molar-refractivity contribution in [3.05, 3.63) is 36.1 Å². The molecule has 48 valence electrons. The maximum absolute atomic E-state index is 8.80. The third-order valence-electron chi connectivity index (χ3n) is 0.924. The van der Waals surface area contributed by atoms with Gasteiger partial charge < -0.3 is 15.5 Å². The van der Waals surface area contributed by atoms with Crippen LogP contribution in [0.25, 0.3) is 0 Å². The van der Waals surface area contributed by atoms with Crippen LogP contribution < -0.4 is 5.32 Å². The number of aliphatic hydroxyl groups excluding tert-OH is 2. The Bertz CT molecular complexity index is 191. The summed E-state index contributed by atoms with van der Waals surface area (Å²) in [6.07, 6.45) is 6.20. The zero-order chi connectivity index (χ0) is 6.69. The van der Waals surface area contributed by atoms with Gasteiger partial charge in [-0.15, -0.1) is 0 Å². The molecule has 1 aliphatic heterocycles. The van der Waals surface area contributed by atoms with Crippen LogP contribution in [0.4, 0.5) is 0 Å². The molecule has 0 aromatic rings. The zero-order valence-electron chi connectivity index (χ0n) is 4.70. The summed E-state index contributed by atoms with van der Waals surface area (Å²) in [6.45, 7) is 0. The van der Waals surface area contributed by atoms with Crippen molar-refractivity contribution in [2.45, 2.75) is 0 Å². The van der Waals surface area contributed by atoms with E-state index in [1.807, 2.05) is 0 Å². The van der Waals surface area contributed by atoms with E-state index in [1.54, 1.807) is 12.2 Å². The Labute approximate surface area is 52.6 Å². The largest absolute Gasteiger partial charge is 0.503 e. The second-order valence-corrected chi connectivity index (χ2v) is 1.60. The fourth-order valence-corrected chi connectivity index (χ4v) is 0.482. The van der Waals surface area contributed by atoms with Gasteiger partial charge in [-0.1, -0.05) is 6.08 Å². The molecule has 3 nitrogen and oxygen atoms in total. The maximum Gasteiger partial charge on any atom is 0.231 e. The third-order valence-corrected chi connectivity index (χ3v) is 0.924. The molecule has 0 amide bonds. The van der Waals surface area contributed by atoms with E-state index in [-0.39, 0.29) is 11.6 Å². The normalized spacial score (nSPS) is 17.3. The summed E-state index contributed by atoms with van der Waals surface area (Å²) in [7, 11) is 0. The van der Waals surface area contributed by atoms with Gasteiger partial charge in [-0.2, -0.15) is 0 Å². The van der Waals surface area contributed by atoms with E-state index in [1.165, 1.54) is 12.3 Å². The fourth-order valence-electron chi connectivity index (χ4n) is 0.482. The third kappa shape index (κ3) is 1.25. The lowest BCUT2D eigenvalue weighted by Crippen LogP contribution is -2.04. The topological polar surface area (TPSA) is 52.5 Å². The Balaban J connectivity index is 2.85. The molecule has 0 spiro atoms. The lowest BCUT2D eigenvalue weighted by molar-refractivity contribution is 0.319. The van der Waals surface area contributed by atoms with Gasteiger partial charge in [0.2, 0.25) is 5.88 Å². The minimum atomic E-state index is -0.222. The first-order chi connectivity index (χ1) is 4.30. The van der Waals surface area contributed by atoms with Gasteiger partial charge in [0, 0.05) is 6.20 Å². The molecule has 0 aliphatic carbocycles. The van der Waals surface area contributed by atoms with Crippen LogP contribution in [0.1, 0.15) is 0 Å². The molecule has 0 fully saturated rings. The van der Waals surface area contributed by atoms with Crippen LogP contribution in [0.2, 0.25) is 0 Å². The smallest absolute Gasteiger partial charge is 0.231 e. The summed E-state index contributed by atoms with van der Waals surface area (Å²) in [5.74, 6) is -0.375. The minimum Gasteiger partial charge on any atom is -0.503 e. The molecular weight excluding hydrogens is 118 g/mol. The highest BCUT2D eigenvalue weighted by atomic mass is 16.3. The van der Waals surface area contributed by atoms with Crippen LogP contribution in [0.15, 0.2) is 36.1 Å². The van der Waals surface area contributed by atoms with E-state index < -0.39 is 0 Å². The monoisotopic (exact) mass is 125 g/mol. The van der Waals surface area contributed by atoms with Crippen LogP contribution in [0, 0.1) is 0 Å². The molecule has 0 aromatic carbocycles. The Morgan fingerprint density at radius 1 is 1.22 bits per heavy atom. The molecule has 0 radical (unpaired) electrons. The SMILES string of the molecule is OC1=C(O)NC=CC=C1. The van der Waals surface area contributed by atoms with E-state index >= 15 is 0 Å². The molecule has 0 aromatic heterocycles. The summed E-state index contributed by atoms with van der Waals surface area (Å²) in [6, 6.07) is 0. The van der Waals surface area contributed by atoms with Crippen LogP contribution in [0.5, 0.6) is 0 Å². The highest BCUT2D eigenvalue weighted by Gasteiger charge is 1.97. The standard InChI is InChI=1S/C6H7NO2/c8-5-3-1-2-4-7-6(5)9/h1-4,7-9H. The van der Waals surface area contributed by atoms with E-state index in [9.17, 15) is 0 Å². The van der Waals surface area contributed by atoms with Crippen molar-refractivity contribution in [1.29, 1.82) is 0 Å². The van der Waals surface area contributed by atoms with Crippen molar-refractivity contribution < 1.29 is 10.2 Å². The quantitative estimate of drug-likeness (QED) is 0.451. The second kappa shape index (κ2) is 2.26. The Morgan fingerprint density at radius 2 is 2.00 bits per heavy atom. The summed E-state index contributed by atoms with van der Waals surface area (Å²) in [4.78, 5) is 0. The second-order valence-electron chi connectivity index (χ2n) is 1.60. The average molecular weight is 125 g/mol. The van der Waals surface area contributed by atoms with Crippen molar-refractivity contribution in [1.82, 2.24) is 5.32 Å². The van der Waals surface area contributed by atoms with Gasteiger partial charge in [-0.3, -0.25) is 0 Å². The fraction of sp³-hybridized carbons (Fsp3) is 0. The summed E-state index contributed by atoms with van der Waals surface area (Å²) >= 11 is 0. The van der Waals surface area contributed by atoms with E-state index in [0.29, 0.717) is 0 Å². The molecule has 9 heavy (non-hydrogen) atoms. The number of rotatable bonds is 0. The first-order valence-corrected chi connectivity index (χ1v) is 2.52. The van der Waals surface area contributed by atoms with Gasteiger partial charge in [0.25, 0.3) is 0 Å². The number of nitrogens with one attached hydrogen (secondary N) is 1. The van der Waals surface area contributed by atoms with Crippen molar-refractivity contribution in [3.8, 4) is 0 Å². The zero-order valence-corrected chi connectivity index (χ0v) is 4.70. The molecule has 1 heterocycles. The predicted molar refractivity (Wildman–Crippen MR) is 33.7 cm³/mol. The number of hydrogen-bond acceptors (Lipinski definition) is 3. The Morgan fingerprint density at radius 3 is 2.78 bits per heavy atom. The van der Waals surface area contributed by atoms with Crippen molar-refractivity contribution in [2.75, 3.05) is 0 Å². The van der Waals surface area contributed by atoms with Gasteiger partial charge in [0.1, 0.15) is 0 Å². The van der Waals surface area contributed by atoms with Crippen molar-refractivity contribution in [2.24, 2.45) is 0 Å². The van der Waals surface area contributed by atoms with Gasteiger partial charge in [-0.25, -0.2) is 0 Å². The Kier molecular flexibility index (Phi) is 1.44. The summed E-state index contributed by atoms with van der Waals surface area (Å²) in [5, 5.41) is 20.0. The molecule has 3 heteroatoms. The molecule has 3 N–H and O–H groups in total. The molecule has 0 unspecified atom stereocenters. The minimum absolute atomic E-state index is 0.153. The summed E-state index contributed by atoms with van der Waals surface area (Å²) < 4.78 is 0. The van der Waals surface area contributed by atoms with E-state index in [2.05, 4.69) is 5.32 Å². The van der Waals surface area contributed by atoms with Gasteiger partial charge in [-0.05, 0) is 12.2 Å². The molecule has 1 rings (SSSR count). The summed E-state index contributed by atoms with van der Waals surface area (Å²) in [5.41, 5.74) is 0. The van der Waals surface area contributed by atoms with Crippen molar-refractivity contribution in [3.63, 3.8) is 0 Å². The average Bonchev–Trinajstić information content (AvgIpc) is 1.99. The van der Waals surface area contributed by atoms with Crippen molar-refractivity contribution >= 4 is 0 Å². The molecule has 0 atom stereocenters. The predicted octanol–water partition coefficient (Wildman–Crippen LogP) is 0.945. The van der Waals surface area contributed by atoms with E-state index in [4.69, 9.17) is 10.2 Å². The first kappa shape index (κ1) is 5.75. The lowest BCUT2D eigenvalue weighted by atomic mass is 10.4. The van der Waals surface area contributed by atoms with Crippen LogP contribution in [-0.2, 0) is 0 Å². The molecular formula is C6H7NO2. The Hall–Kier alpha value is -1.38. The lowest BCUT2D eigenvalue weighted by Gasteiger charge is -1.96. The first-order valence-electron chi connectivity index (χ1n) is 2.52. The highest BCUT2D eigenvalue weighted by molar-refractivity contribution is 5.21. The molecule has 0 saturated carbocycles. The van der Waals surface area contributed by atoms with Crippen LogP contribution >= 0.6 is 0 Å². The number of allylic oxidation sites excluding steroid dienone is 3. The number of aliphatic hydroxyl groups is 2.